The van der Waals surface area contributed by atoms with Gasteiger partial charge in [0.2, 0.25) is 11.8 Å². The molecule has 6 rings (SSSR count). The summed E-state index contributed by atoms with van der Waals surface area (Å²) < 4.78 is 12.3. The summed E-state index contributed by atoms with van der Waals surface area (Å²) in [7, 11) is 0.534. The lowest BCUT2D eigenvalue weighted by Gasteiger charge is -2.43. The quantitative estimate of drug-likeness (QED) is 0.0785. The van der Waals surface area contributed by atoms with Gasteiger partial charge < -0.3 is 24.8 Å². The first kappa shape index (κ1) is 34.3. The van der Waals surface area contributed by atoms with Crippen molar-refractivity contribution in [3.05, 3.63) is 92.6 Å². The molecule has 0 radical (unpaired) electrons. The number of hydrogen-bond donors (Lipinski definition) is 3. The van der Waals surface area contributed by atoms with E-state index >= 15 is 0 Å². The zero-order valence-electron chi connectivity index (χ0n) is 27.6. The minimum atomic E-state index is -1.01. The number of phenolic OH excluding ortho intramolecular Hbond substituents is 1. The van der Waals surface area contributed by atoms with Crippen LogP contribution in [0, 0.1) is 21.3 Å². The van der Waals surface area contributed by atoms with Crippen LogP contribution in [-0.2, 0) is 14.2 Å². The maximum atomic E-state index is 14.2. The number of imide groups is 1. The minimum absolute atomic E-state index is 0.133. The van der Waals surface area contributed by atoms with E-state index in [1.807, 2.05) is 66.7 Å². The third kappa shape index (κ3) is 6.93. The number of benzene rings is 3. The molecule has 10 heteroatoms. The number of para-hydroxylation sites is 1. The molecule has 0 saturated carbocycles. The van der Waals surface area contributed by atoms with Crippen molar-refractivity contribution in [2.45, 2.75) is 64.8 Å². The zero-order chi connectivity index (χ0) is 33.9. The molecule has 2 amide bonds. The lowest BCUT2D eigenvalue weighted by atomic mass is 9.58. The van der Waals surface area contributed by atoms with E-state index in [4.69, 9.17) is 9.39 Å². The molecule has 2 aliphatic heterocycles. The number of phenols is 1. The van der Waals surface area contributed by atoms with Crippen LogP contribution in [0.5, 0.6) is 11.5 Å². The van der Waals surface area contributed by atoms with Gasteiger partial charge in [0, 0.05) is 11.4 Å². The number of carbonyl (C=O) groups excluding carboxylic acids is 2. The van der Waals surface area contributed by atoms with E-state index in [-0.39, 0.29) is 29.6 Å². The Balaban J connectivity index is 1.23. The van der Waals surface area contributed by atoms with Crippen LogP contribution in [0.4, 0.5) is 17.1 Å². The average Bonchev–Trinajstić information content (AvgIpc) is 3.34. The Hall–Kier alpha value is -3.61. The first-order valence-electron chi connectivity index (χ1n) is 16.8. The molecule has 1 aliphatic carbocycles. The van der Waals surface area contributed by atoms with Gasteiger partial charge in [0.05, 0.1) is 34.3 Å². The SMILES string of the molecule is CCC/C(=C\c1cc(I)c(O)c(OC)c1)CC[C@H]1OB(O)C[C@H]2C1=C(CC)C[C@H]1C(=O)N(c3ccc(Nc4ccccc4)cc3)C(=O)[C@H]12. The van der Waals surface area contributed by atoms with Gasteiger partial charge >= 0.3 is 7.12 Å². The molecule has 2 fully saturated rings. The molecule has 4 atom stereocenters. The molecule has 0 bridgehead atoms. The largest absolute Gasteiger partial charge is 0.504 e. The fraction of sp³-hybridized carbons (Fsp3) is 0.368. The fourth-order valence-corrected chi connectivity index (χ4v) is 8.34. The molecule has 2 saturated heterocycles. The van der Waals surface area contributed by atoms with Gasteiger partial charge in [0.1, 0.15) is 0 Å². The molecular weight excluding hydrogens is 718 g/mol. The van der Waals surface area contributed by atoms with Gasteiger partial charge in [0.15, 0.2) is 11.5 Å². The number of nitrogens with one attached hydrogen (secondary N) is 1. The highest BCUT2D eigenvalue weighted by molar-refractivity contribution is 14.1. The molecule has 48 heavy (non-hydrogen) atoms. The van der Waals surface area contributed by atoms with Crippen LogP contribution in [0.2, 0.25) is 6.32 Å². The third-order valence-corrected chi connectivity index (χ3v) is 10.7. The Kier molecular flexibility index (Phi) is 10.6. The van der Waals surface area contributed by atoms with Crippen molar-refractivity contribution in [1.29, 1.82) is 0 Å². The Bertz CT molecular complexity index is 1730. The number of rotatable bonds is 11. The second-order valence-electron chi connectivity index (χ2n) is 12.9. The lowest BCUT2D eigenvalue weighted by Crippen LogP contribution is -2.46. The van der Waals surface area contributed by atoms with Gasteiger partial charge in [-0.1, -0.05) is 55.7 Å². The molecule has 3 aromatic rings. The van der Waals surface area contributed by atoms with Gasteiger partial charge in [-0.3, -0.25) is 14.5 Å². The summed E-state index contributed by atoms with van der Waals surface area (Å²) in [5.74, 6) is -1.02. The van der Waals surface area contributed by atoms with Crippen LogP contribution in [0.3, 0.4) is 0 Å². The molecule has 3 aliphatic rings. The van der Waals surface area contributed by atoms with Crippen LogP contribution in [0.1, 0.15) is 57.9 Å². The molecular formula is C38H42BIN2O6. The topological polar surface area (TPSA) is 108 Å². The fourth-order valence-electron chi connectivity index (χ4n) is 7.71. The summed E-state index contributed by atoms with van der Waals surface area (Å²) in [6.45, 7) is 4.24. The number of anilines is 3. The Labute approximate surface area is 296 Å². The zero-order valence-corrected chi connectivity index (χ0v) is 29.8. The summed E-state index contributed by atoms with van der Waals surface area (Å²) in [6, 6.07) is 21.0. The highest BCUT2D eigenvalue weighted by Gasteiger charge is 2.57. The number of halogens is 1. The van der Waals surface area contributed by atoms with E-state index in [2.05, 4.69) is 47.8 Å². The number of nitrogens with zero attached hydrogens (tertiary/aromatic N) is 1. The molecule has 3 aromatic carbocycles. The van der Waals surface area contributed by atoms with Crippen molar-refractivity contribution >= 4 is 64.7 Å². The molecule has 8 nitrogen and oxygen atoms in total. The molecule has 2 heterocycles. The monoisotopic (exact) mass is 760 g/mol. The van der Waals surface area contributed by atoms with E-state index in [0.717, 1.165) is 51.8 Å². The number of methoxy groups -OCH3 is 1. The molecule has 0 aromatic heterocycles. The number of hydrogen-bond acceptors (Lipinski definition) is 7. The van der Waals surface area contributed by atoms with E-state index in [1.165, 1.54) is 16.0 Å². The number of carbonyl (C=O) groups is 2. The van der Waals surface area contributed by atoms with Gasteiger partial charge in [0.25, 0.3) is 0 Å². The predicted molar refractivity (Wildman–Crippen MR) is 198 cm³/mol. The van der Waals surface area contributed by atoms with Crippen LogP contribution in [-0.4, -0.2) is 42.3 Å². The number of allylic oxidation sites excluding steroid dienone is 2. The molecule has 0 spiro atoms. The number of ether oxygens (including phenoxy) is 1. The molecule has 0 unspecified atom stereocenters. The van der Waals surface area contributed by atoms with Gasteiger partial charge in [-0.05, 0) is 127 Å². The van der Waals surface area contributed by atoms with Crippen molar-refractivity contribution in [3.63, 3.8) is 0 Å². The van der Waals surface area contributed by atoms with Crippen molar-refractivity contribution in [1.82, 2.24) is 0 Å². The van der Waals surface area contributed by atoms with E-state index in [0.29, 0.717) is 30.6 Å². The maximum absolute atomic E-state index is 14.2. The summed E-state index contributed by atoms with van der Waals surface area (Å²) in [6.07, 6.45) is 6.65. The molecule has 3 N–H and O–H groups in total. The predicted octanol–water partition coefficient (Wildman–Crippen LogP) is 8.12. The normalized spacial score (nSPS) is 22.6. The van der Waals surface area contributed by atoms with Gasteiger partial charge in [-0.25, -0.2) is 0 Å². The number of fused-ring (bicyclic) bond motifs is 3. The second kappa shape index (κ2) is 14.9. The first-order chi connectivity index (χ1) is 23.2. The Morgan fingerprint density at radius 1 is 1.04 bits per heavy atom. The van der Waals surface area contributed by atoms with Gasteiger partial charge in [-0.15, -0.1) is 0 Å². The summed E-state index contributed by atoms with van der Waals surface area (Å²) in [4.78, 5) is 29.4. The smallest absolute Gasteiger partial charge is 0.455 e. The van der Waals surface area contributed by atoms with E-state index in [1.54, 1.807) is 7.11 Å². The van der Waals surface area contributed by atoms with Crippen molar-refractivity contribution < 1.29 is 29.1 Å². The summed E-state index contributed by atoms with van der Waals surface area (Å²) >= 11 is 2.11. The average molecular weight is 760 g/mol. The number of aromatic hydroxyl groups is 1. The minimum Gasteiger partial charge on any atom is -0.504 e. The third-order valence-electron chi connectivity index (χ3n) is 9.86. The Morgan fingerprint density at radius 2 is 1.77 bits per heavy atom. The molecule has 250 valence electrons. The summed E-state index contributed by atoms with van der Waals surface area (Å²) in [5.41, 5.74) is 6.84. The van der Waals surface area contributed by atoms with Crippen molar-refractivity contribution in [2.75, 3.05) is 17.3 Å². The Morgan fingerprint density at radius 3 is 2.46 bits per heavy atom. The van der Waals surface area contributed by atoms with Crippen LogP contribution >= 0.6 is 22.6 Å². The number of amides is 2. The van der Waals surface area contributed by atoms with Crippen molar-refractivity contribution in [3.8, 4) is 11.5 Å². The second-order valence-corrected chi connectivity index (χ2v) is 14.0. The van der Waals surface area contributed by atoms with Crippen LogP contribution in [0.25, 0.3) is 6.08 Å². The standard InChI is InChI=1S/C38H42BIN2O6/c1-4-9-23(18-24-19-31(40)36(43)33(20-24)47-3)12-17-32-34-25(5-2)21-29-35(30(34)22-39(46)48-32)38(45)42(37(29)44)28-15-13-27(14-16-28)41-26-10-7-6-8-11-26/h6-8,10-11,13-16,18-20,29-30,32,35,41,43,46H,4-5,9,12,17,21-22H2,1-3H3/b23-18+/t29-,30+,32-,35-/m1/s1. The maximum Gasteiger partial charge on any atom is 0.455 e. The van der Waals surface area contributed by atoms with Crippen molar-refractivity contribution in [2.24, 2.45) is 17.8 Å². The van der Waals surface area contributed by atoms with Crippen LogP contribution < -0.4 is 15.0 Å². The summed E-state index contributed by atoms with van der Waals surface area (Å²) in [5, 5.41) is 24.6. The van der Waals surface area contributed by atoms with Crippen LogP contribution in [0.15, 0.2) is 83.4 Å². The highest BCUT2D eigenvalue weighted by atomic mass is 127. The highest BCUT2D eigenvalue weighted by Crippen LogP contribution is 2.52. The van der Waals surface area contributed by atoms with E-state index < -0.39 is 19.0 Å². The first-order valence-corrected chi connectivity index (χ1v) is 17.9. The van der Waals surface area contributed by atoms with Gasteiger partial charge in [-0.2, -0.15) is 0 Å². The lowest BCUT2D eigenvalue weighted by molar-refractivity contribution is -0.122. The van der Waals surface area contributed by atoms with E-state index in [9.17, 15) is 19.7 Å².